The van der Waals surface area contributed by atoms with Crippen molar-refractivity contribution >= 4 is 53.2 Å². The second-order valence-corrected chi connectivity index (χ2v) is 4.90. The Morgan fingerprint density at radius 3 is 2.74 bits per heavy atom. The second kappa shape index (κ2) is 11.4. The summed E-state index contributed by atoms with van der Waals surface area (Å²) in [4.78, 5) is 16.5. The minimum Gasteiger partial charge on any atom is -0.383 e. The second-order valence-electron chi connectivity index (χ2n) is 4.49. The maximum absolute atomic E-state index is 12.2. The van der Waals surface area contributed by atoms with Crippen LogP contribution in [0.3, 0.4) is 0 Å². The average molecular weight is 381 g/mol. The van der Waals surface area contributed by atoms with Gasteiger partial charge in [0.25, 0.3) is 5.91 Å². The lowest BCUT2D eigenvalue weighted by atomic mass is 10.1. The molecule has 0 atom stereocenters. The summed E-state index contributed by atoms with van der Waals surface area (Å²) < 4.78 is 4.93. The standard InChI is InChI=1S/C15H18ClN3O2.2ClH/c1-21-10-9-17-7-8-19-15(20)12-4-5-13(16)11-3-2-6-18-14(11)12;;/h2-6,17H,7-10H2,1H3,(H,19,20);2*1H. The molecule has 23 heavy (non-hydrogen) atoms. The van der Waals surface area contributed by atoms with E-state index in [1.165, 1.54) is 0 Å². The molecule has 0 saturated carbocycles. The molecule has 0 aliphatic carbocycles. The Bertz CT molecular complexity index is 626. The van der Waals surface area contributed by atoms with Gasteiger partial charge in [0.15, 0.2) is 0 Å². The van der Waals surface area contributed by atoms with Gasteiger partial charge in [-0.3, -0.25) is 9.78 Å². The van der Waals surface area contributed by atoms with Crippen molar-refractivity contribution in [1.82, 2.24) is 15.6 Å². The number of pyridine rings is 1. The summed E-state index contributed by atoms with van der Waals surface area (Å²) in [5.41, 5.74) is 1.15. The van der Waals surface area contributed by atoms with Gasteiger partial charge in [0.05, 0.1) is 22.7 Å². The number of fused-ring (bicyclic) bond motifs is 1. The smallest absolute Gasteiger partial charge is 0.253 e. The Hall–Kier alpha value is -1.11. The van der Waals surface area contributed by atoms with Crippen LogP contribution >= 0.6 is 36.4 Å². The number of ether oxygens (including phenoxy) is 1. The molecule has 0 aliphatic rings. The van der Waals surface area contributed by atoms with Crippen molar-refractivity contribution < 1.29 is 9.53 Å². The predicted molar refractivity (Wildman–Crippen MR) is 98.3 cm³/mol. The van der Waals surface area contributed by atoms with Crippen molar-refractivity contribution in [3.8, 4) is 0 Å². The average Bonchev–Trinajstić information content (AvgIpc) is 2.51. The van der Waals surface area contributed by atoms with E-state index in [4.69, 9.17) is 16.3 Å². The lowest BCUT2D eigenvalue weighted by Crippen LogP contribution is -2.33. The van der Waals surface area contributed by atoms with Crippen molar-refractivity contribution in [3.63, 3.8) is 0 Å². The quantitative estimate of drug-likeness (QED) is 0.725. The van der Waals surface area contributed by atoms with Gasteiger partial charge in [-0.25, -0.2) is 0 Å². The van der Waals surface area contributed by atoms with Gasteiger partial charge in [-0.15, -0.1) is 24.8 Å². The fraction of sp³-hybridized carbons (Fsp3) is 0.333. The van der Waals surface area contributed by atoms with E-state index < -0.39 is 0 Å². The molecular weight excluding hydrogens is 361 g/mol. The number of carbonyl (C=O) groups excluding carboxylic acids is 1. The maximum Gasteiger partial charge on any atom is 0.253 e. The largest absolute Gasteiger partial charge is 0.383 e. The van der Waals surface area contributed by atoms with Crippen LogP contribution in [0.4, 0.5) is 0 Å². The zero-order valence-electron chi connectivity index (χ0n) is 12.7. The van der Waals surface area contributed by atoms with Crippen molar-refractivity contribution in [2.75, 3.05) is 33.4 Å². The van der Waals surface area contributed by atoms with E-state index >= 15 is 0 Å². The number of nitrogens with one attached hydrogen (secondary N) is 2. The molecule has 1 amide bonds. The molecule has 0 unspecified atom stereocenters. The van der Waals surface area contributed by atoms with Crippen LogP contribution in [0, 0.1) is 0 Å². The molecule has 2 aromatic rings. The molecule has 128 valence electrons. The molecule has 0 saturated heterocycles. The summed E-state index contributed by atoms with van der Waals surface area (Å²) in [5.74, 6) is -0.149. The molecule has 0 radical (unpaired) electrons. The van der Waals surface area contributed by atoms with Crippen molar-refractivity contribution in [2.45, 2.75) is 0 Å². The summed E-state index contributed by atoms with van der Waals surface area (Å²) in [7, 11) is 1.65. The van der Waals surface area contributed by atoms with E-state index in [-0.39, 0.29) is 30.7 Å². The number of hydrogen-bond acceptors (Lipinski definition) is 4. The number of aromatic nitrogens is 1. The zero-order valence-corrected chi connectivity index (χ0v) is 15.1. The molecule has 0 fully saturated rings. The third-order valence-corrected chi connectivity index (χ3v) is 3.36. The number of rotatable bonds is 7. The number of carbonyl (C=O) groups is 1. The molecule has 2 rings (SSSR count). The van der Waals surface area contributed by atoms with Gasteiger partial charge in [0, 0.05) is 38.3 Å². The molecule has 1 aromatic carbocycles. The Labute approximate surface area is 153 Å². The van der Waals surface area contributed by atoms with Crippen LogP contribution in [0.2, 0.25) is 5.02 Å². The highest BCUT2D eigenvalue weighted by Gasteiger charge is 2.12. The van der Waals surface area contributed by atoms with Gasteiger partial charge in [0.1, 0.15) is 0 Å². The monoisotopic (exact) mass is 379 g/mol. The zero-order chi connectivity index (χ0) is 15.1. The van der Waals surface area contributed by atoms with Crippen LogP contribution in [-0.4, -0.2) is 44.2 Å². The van der Waals surface area contributed by atoms with Crippen molar-refractivity contribution in [1.29, 1.82) is 0 Å². The molecule has 0 spiro atoms. The molecular formula is C15H20Cl3N3O2. The van der Waals surface area contributed by atoms with Crippen LogP contribution in [0.15, 0.2) is 30.5 Å². The first-order valence-corrected chi connectivity index (χ1v) is 7.13. The van der Waals surface area contributed by atoms with Gasteiger partial charge in [-0.2, -0.15) is 0 Å². The Balaban J connectivity index is 0.00000242. The van der Waals surface area contributed by atoms with Gasteiger partial charge < -0.3 is 15.4 Å². The number of halogens is 3. The van der Waals surface area contributed by atoms with E-state index in [1.54, 1.807) is 31.5 Å². The Kier molecular flexibility index (Phi) is 10.9. The van der Waals surface area contributed by atoms with Crippen LogP contribution in [0.5, 0.6) is 0 Å². The molecule has 0 aliphatic heterocycles. The molecule has 1 aromatic heterocycles. The first kappa shape index (κ1) is 21.9. The fourth-order valence-electron chi connectivity index (χ4n) is 1.98. The number of hydrogen-bond donors (Lipinski definition) is 2. The van der Waals surface area contributed by atoms with E-state index in [0.717, 1.165) is 11.9 Å². The van der Waals surface area contributed by atoms with E-state index in [0.29, 0.717) is 35.8 Å². The van der Waals surface area contributed by atoms with Gasteiger partial charge in [0.2, 0.25) is 0 Å². The van der Waals surface area contributed by atoms with Crippen LogP contribution in [0.1, 0.15) is 10.4 Å². The van der Waals surface area contributed by atoms with Crippen molar-refractivity contribution in [2.24, 2.45) is 0 Å². The molecule has 1 heterocycles. The molecule has 8 heteroatoms. The summed E-state index contributed by atoms with van der Waals surface area (Å²) in [6.45, 7) is 2.64. The lowest BCUT2D eigenvalue weighted by Gasteiger charge is -2.09. The lowest BCUT2D eigenvalue weighted by molar-refractivity contribution is 0.0955. The van der Waals surface area contributed by atoms with Crippen LogP contribution in [0.25, 0.3) is 10.9 Å². The summed E-state index contributed by atoms with van der Waals surface area (Å²) in [6.07, 6.45) is 1.65. The molecule has 2 N–H and O–H groups in total. The Morgan fingerprint density at radius 1 is 1.22 bits per heavy atom. The van der Waals surface area contributed by atoms with Crippen LogP contribution < -0.4 is 10.6 Å². The van der Waals surface area contributed by atoms with Gasteiger partial charge in [-0.05, 0) is 24.3 Å². The molecule has 0 bridgehead atoms. The van der Waals surface area contributed by atoms with Gasteiger partial charge in [-0.1, -0.05) is 11.6 Å². The number of nitrogens with zero attached hydrogens (tertiary/aromatic N) is 1. The number of amides is 1. The van der Waals surface area contributed by atoms with Gasteiger partial charge >= 0.3 is 0 Å². The highest BCUT2D eigenvalue weighted by molar-refractivity contribution is 6.36. The van der Waals surface area contributed by atoms with Crippen LogP contribution in [-0.2, 0) is 4.74 Å². The number of benzene rings is 1. The summed E-state index contributed by atoms with van der Waals surface area (Å²) in [6, 6.07) is 7.08. The van der Waals surface area contributed by atoms with Crippen molar-refractivity contribution in [3.05, 3.63) is 41.0 Å². The predicted octanol–water partition coefficient (Wildman–Crippen LogP) is 2.70. The number of methoxy groups -OCH3 is 1. The highest BCUT2D eigenvalue weighted by atomic mass is 35.5. The summed E-state index contributed by atoms with van der Waals surface area (Å²) in [5, 5.41) is 7.40. The highest BCUT2D eigenvalue weighted by Crippen LogP contribution is 2.24. The first-order chi connectivity index (χ1) is 10.2. The van der Waals surface area contributed by atoms with E-state index in [9.17, 15) is 4.79 Å². The topological polar surface area (TPSA) is 63.2 Å². The minimum atomic E-state index is -0.149. The minimum absolute atomic E-state index is 0. The third-order valence-electron chi connectivity index (χ3n) is 3.03. The van der Waals surface area contributed by atoms with E-state index in [2.05, 4.69) is 15.6 Å². The first-order valence-electron chi connectivity index (χ1n) is 6.75. The fourth-order valence-corrected chi connectivity index (χ4v) is 2.20. The third kappa shape index (κ3) is 6.12. The SMILES string of the molecule is COCCNCCNC(=O)c1ccc(Cl)c2cccnc12.Cl.Cl. The maximum atomic E-state index is 12.2. The summed E-state index contributed by atoms with van der Waals surface area (Å²) >= 11 is 6.12. The normalized spacial score (nSPS) is 9.83. The molecule has 5 nitrogen and oxygen atoms in total. The van der Waals surface area contributed by atoms with E-state index in [1.807, 2.05) is 6.07 Å². The Morgan fingerprint density at radius 2 is 2.00 bits per heavy atom.